The van der Waals surface area contributed by atoms with Crippen molar-refractivity contribution < 1.29 is 4.43 Å². The third-order valence-electron chi connectivity index (χ3n) is 3.96. The van der Waals surface area contributed by atoms with E-state index in [1.54, 1.807) is 0 Å². The molecule has 3 heteroatoms. The van der Waals surface area contributed by atoms with Crippen LogP contribution >= 0.6 is 0 Å². The van der Waals surface area contributed by atoms with Gasteiger partial charge in [-0.1, -0.05) is 27.7 Å². The lowest BCUT2D eigenvalue weighted by molar-refractivity contribution is 0.0971. The summed E-state index contributed by atoms with van der Waals surface area (Å²) in [6, 6.07) is 0. The van der Waals surface area contributed by atoms with E-state index in [4.69, 9.17) is 4.43 Å². The van der Waals surface area contributed by atoms with Crippen molar-refractivity contribution in [1.29, 1.82) is 0 Å². The zero-order chi connectivity index (χ0) is 11.7. The van der Waals surface area contributed by atoms with Crippen molar-refractivity contribution >= 4 is 8.32 Å². The molecule has 1 saturated heterocycles. The summed E-state index contributed by atoms with van der Waals surface area (Å²) in [4.78, 5) is 0. The Kier molecular flexibility index (Phi) is 4.01. The molecule has 2 atom stereocenters. The Bertz CT molecular complexity index is 210. The van der Waals surface area contributed by atoms with Gasteiger partial charge >= 0.3 is 0 Å². The summed E-state index contributed by atoms with van der Waals surface area (Å²) in [5.41, 5.74) is 0. The normalized spacial score (nSPS) is 29.2. The van der Waals surface area contributed by atoms with Crippen LogP contribution in [0.1, 0.15) is 34.1 Å². The summed E-state index contributed by atoms with van der Waals surface area (Å²) in [7, 11) is -1.56. The molecule has 0 amide bonds. The molecule has 0 aromatic rings. The van der Waals surface area contributed by atoms with Gasteiger partial charge in [-0.25, -0.2) is 0 Å². The van der Waals surface area contributed by atoms with E-state index in [2.05, 4.69) is 46.1 Å². The van der Waals surface area contributed by atoms with Crippen LogP contribution < -0.4 is 5.32 Å². The van der Waals surface area contributed by atoms with Crippen molar-refractivity contribution in [3.05, 3.63) is 0 Å². The maximum Gasteiger partial charge on any atom is 0.192 e. The molecule has 0 aromatic heterocycles. The molecule has 1 fully saturated rings. The number of hydrogen-bond acceptors (Lipinski definition) is 2. The van der Waals surface area contributed by atoms with E-state index < -0.39 is 8.32 Å². The smallest absolute Gasteiger partial charge is 0.192 e. The lowest BCUT2D eigenvalue weighted by Gasteiger charge is -2.42. The highest BCUT2D eigenvalue weighted by Gasteiger charge is 2.40. The van der Waals surface area contributed by atoms with Gasteiger partial charge in [0.1, 0.15) is 0 Å². The van der Waals surface area contributed by atoms with E-state index in [1.807, 2.05) is 0 Å². The summed E-state index contributed by atoms with van der Waals surface area (Å²) in [5, 5.41) is 3.76. The van der Waals surface area contributed by atoms with E-state index in [0.29, 0.717) is 17.1 Å². The van der Waals surface area contributed by atoms with Crippen molar-refractivity contribution in [2.45, 2.75) is 58.4 Å². The third kappa shape index (κ3) is 3.30. The van der Waals surface area contributed by atoms with Gasteiger partial charge in [0, 0.05) is 6.54 Å². The second-order valence-corrected chi connectivity index (χ2v) is 11.1. The standard InChI is InChI=1S/C12H27NOSi/c1-10-9-13-8-7-11(10)14-15(5,6)12(2,3)4/h10-11,13H,7-9H2,1-6H3/t10-,11+/m0/s1. The lowest BCUT2D eigenvalue weighted by Crippen LogP contribution is -2.49. The molecule has 1 aliphatic heterocycles. The topological polar surface area (TPSA) is 21.3 Å². The number of nitrogens with one attached hydrogen (secondary N) is 1. The van der Waals surface area contributed by atoms with Crippen LogP contribution in [-0.2, 0) is 4.43 Å². The lowest BCUT2D eigenvalue weighted by atomic mass is 9.99. The Morgan fingerprint density at radius 3 is 2.33 bits per heavy atom. The number of rotatable bonds is 2. The molecule has 0 spiro atoms. The summed E-state index contributed by atoms with van der Waals surface area (Å²) >= 11 is 0. The molecule has 15 heavy (non-hydrogen) atoms. The van der Waals surface area contributed by atoms with Gasteiger partial charge in [-0.15, -0.1) is 0 Å². The average Bonchev–Trinajstić information content (AvgIpc) is 2.06. The fourth-order valence-corrected chi connectivity index (χ4v) is 3.18. The van der Waals surface area contributed by atoms with E-state index in [0.717, 1.165) is 13.1 Å². The predicted molar refractivity (Wildman–Crippen MR) is 68.7 cm³/mol. The molecule has 90 valence electrons. The van der Waals surface area contributed by atoms with Crippen molar-refractivity contribution in [2.75, 3.05) is 13.1 Å². The first kappa shape index (κ1) is 13.2. The van der Waals surface area contributed by atoms with Crippen LogP contribution in [0.2, 0.25) is 18.1 Å². The molecule has 0 aromatic carbocycles. The Morgan fingerprint density at radius 1 is 1.27 bits per heavy atom. The Balaban J connectivity index is 2.59. The summed E-state index contributed by atoms with van der Waals surface area (Å²) in [6.07, 6.45) is 1.65. The van der Waals surface area contributed by atoms with E-state index in [1.165, 1.54) is 6.42 Å². The van der Waals surface area contributed by atoms with Crippen molar-refractivity contribution in [3.63, 3.8) is 0 Å². The second kappa shape index (κ2) is 4.56. The molecule has 2 nitrogen and oxygen atoms in total. The Hall–Kier alpha value is 0.137. The first-order valence-corrected chi connectivity index (χ1v) is 9.03. The molecule has 0 bridgehead atoms. The second-order valence-electron chi connectivity index (χ2n) is 6.39. The van der Waals surface area contributed by atoms with Gasteiger partial charge in [0.15, 0.2) is 8.32 Å². The SMILES string of the molecule is C[C@H]1CNCC[C@H]1O[Si](C)(C)C(C)(C)C. The Morgan fingerprint density at radius 2 is 1.87 bits per heavy atom. The van der Waals surface area contributed by atoms with Crippen molar-refractivity contribution in [3.8, 4) is 0 Å². The molecule has 1 N–H and O–H groups in total. The van der Waals surface area contributed by atoms with Crippen LogP contribution in [0.25, 0.3) is 0 Å². The van der Waals surface area contributed by atoms with Crippen LogP contribution in [0, 0.1) is 5.92 Å². The fraction of sp³-hybridized carbons (Fsp3) is 1.00. The van der Waals surface area contributed by atoms with Crippen LogP contribution in [0.3, 0.4) is 0 Å². The first-order chi connectivity index (χ1) is 6.74. The molecule has 0 saturated carbocycles. The van der Waals surface area contributed by atoms with Gasteiger partial charge in [0.05, 0.1) is 6.10 Å². The van der Waals surface area contributed by atoms with Crippen LogP contribution in [0.5, 0.6) is 0 Å². The monoisotopic (exact) mass is 229 g/mol. The number of hydrogen-bond donors (Lipinski definition) is 1. The maximum absolute atomic E-state index is 6.45. The maximum atomic E-state index is 6.45. The molecular weight excluding hydrogens is 202 g/mol. The minimum Gasteiger partial charge on any atom is -0.414 e. The van der Waals surface area contributed by atoms with Gasteiger partial charge < -0.3 is 9.74 Å². The predicted octanol–water partition coefficient (Wildman–Crippen LogP) is 3.01. The summed E-state index contributed by atoms with van der Waals surface area (Å²) in [6.45, 7) is 16.2. The van der Waals surface area contributed by atoms with E-state index in [9.17, 15) is 0 Å². The third-order valence-corrected chi connectivity index (χ3v) is 8.46. The van der Waals surface area contributed by atoms with E-state index >= 15 is 0 Å². The van der Waals surface area contributed by atoms with E-state index in [-0.39, 0.29) is 0 Å². The molecule has 0 aliphatic carbocycles. The minimum absolute atomic E-state index is 0.331. The molecule has 1 heterocycles. The van der Waals surface area contributed by atoms with Gasteiger partial charge in [-0.05, 0) is 37.0 Å². The van der Waals surface area contributed by atoms with Crippen LogP contribution in [-0.4, -0.2) is 27.5 Å². The molecule has 0 radical (unpaired) electrons. The highest BCUT2D eigenvalue weighted by molar-refractivity contribution is 6.74. The first-order valence-electron chi connectivity index (χ1n) is 6.12. The van der Waals surface area contributed by atoms with Crippen molar-refractivity contribution in [1.82, 2.24) is 5.32 Å². The number of piperidine rings is 1. The van der Waals surface area contributed by atoms with Crippen LogP contribution in [0.4, 0.5) is 0 Å². The molecule has 1 rings (SSSR count). The highest BCUT2D eigenvalue weighted by Crippen LogP contribution is 2.38. The summed E-state index contributed by atoms with van der Waals surface area (Å²) < 4.78 is 6.45. The molecular formula is C12H27NOSi. The summed E-state index contributed by atoms with van der Waals surface area (Å²) in [5.74, 6) is 0.660. The van der Waals surface area contributed by atoms with Gasteiger partial charge in [0.2, 0.25) is 0 Å². The average molecular weight is 229 g/mol. The van der Waals surface area contributed by atoms with Crippen LogP contribution in [0.15, 0.2) is 0 Å². The molecule has 0 unspecified atom stereocenters. The zero-order valence-corrected chi connectivity index (χ0v) is 12.2. The largest absolute Gasteiger partial charge is 0.414 e. The van der Waals surface area contributed by atoms with Crippen molar-refractivity contribution in [2.24, 2.45) is 5.92 Å². The minimum atomic E-state index is -1.56. The molecule has 1 aliphatic rings. The quantitative estimate of drug-likeness (QED) is 0.735. The fourth-order valence-electron chi connectivity index (χ4n) is 1.72. The highest BCUT2D eigenvalue weighted by atomic mass is 28.4. The Labute approximate surface area is 95.9 Å². The zero-order valence-electron chi connectivity index (χ0n) is 11.2. The van der Waals surface area contributed by atoms with Gasteiger partial charge in [0.25, 0.3) is 0 Å². The van der Waals surface area contributed by atoms with Gasteiger partial charge in [-0.2, -0.15) is 0 Å². The van der Waals surface area contributed by atoms with Gasteiger partial charge in [-0.3, -0.25) is 0 Å².